The van der Waals surface area contributed by atoms with E-state index in [1.54, 1.807) is 23.6 Å². The number of rotatable bonds is 4. The number of fused-ring (bicyclic) bond motifs is 2. The van der Waals surface area contributed by atoms with Crippen molar-refractivity contribution in [2.75, 3.05) is 6.61 Å². The maximum Gasteiger partial charge on any atom is 0.335 e. The van der Waals surface area contributed by atoms with Crippen LogP contribution < -0.4 is 10.3 Å². The van der Waals surface area contributed by atoms with E-state index in [1.807, 2.05) is 6.08 Å². The van der Waals surface area contributed by atoms with Crippen molar-refractivity contribution in [3.8, 4) is 11.5 Å². The van der Waals surface area contributed by atoms with E-state index in [-0.39, 0.29) is 27.6 Å². The zero-order chi connectivity index (χ0) is 20.7. The van der Waals surface area contributed by atoms with E-state index in [0.717, 1.165) is 5.57 Å². The maximum absolute atomic E-state index is 12.8. The summed E-state index contributed by atoms with van der Waals surface area (Å²) in [7, 11) is 0. The number of nitrogens with zero attached hydrogens (tertiary/aromatic N) is 2. The molecule has 1 aromatic heterocycles. The van der Waals surface area contributed by atoms with E-state index in [1.165, 1.54) is 18.2 Å². The van der Waals surface area contributed by atoms with Crippen molar-refractivity contribution in [1.29, 1.82) is 0 Å². The lowest BCUT2D eigenvalue weighted by atomic mass is 10.1. The second-order valence-electron chi connectivity index (χ2n) is 6.63. The Labute approximate surface area is 170 Å². The molecule has 1 aliphatic heterocycles. The molecule has 0 saturated carbocycles. The number of phenolic OH excluding ortho intramolecular Hbond substituents is 1. The largest absolute Gasteiger partial charge is 0.503 e. The van der Waals surface area contributed by atoms with Gasteiger partial charge in [0.25, 0.3) is 5.56 Å². The van der Waals surface area contributed by atoms with Crippen LogP contribution in [0.3, 0.4) is 0 Å². The topological polar surface area (TPSA) is 102 Å². The maximum atomic E-state index is 12.8. The summed E-state index contributed by atoms with van der Waals surface area (Å²) in [4.78, 5) is 28.6. The number of benzene rings is 2. The van der Waals surface area contributed by atoms with Gasteiger partial charge in [-0.3, -0.25) is 9.36 Å². The summed E-state index contributed by atoms with van der Waals surface area (Å²) in [6.07, 6.45) is 2.43. The first kappa shape index (κ1) is 19.0. The van der Waals surface area contributed by atoms with Crippen LogP contribution in [0, 0.1) is 0 Å². The van der Waals surface area contributed by atoms with Gasteiger partial charge in [-0.2, -0.15) is 0 Å². The van der Waals surface area contributed by atoms with Gasteiger partial charge in [0.2, 0.25) is 0 Å². The molecule has 0 bridgehead atoms. The molecule has 7 nitrogen and oxygen atoms in total. The molecule has 0 atom stereocenters. The average Bonchev–Trinajstić information content (AvgIpc) is 3.08. The molecule has 2 aromatic carbocycles. The predicted molar refractivity (Wildman–Crippen MR) is 110 cm³/mol. The van der Waals surface area contributed by atoms with Gasteiger partial charge >= 0.3 is 5.97 Å². The Morgan fingerprint density at radius 3 is 2.86 bits per heavy atom. The Morgan fingerprint density at radius 2 is 2.14 bits per heavy atom. The number of carboxylic acids is 1. The van der Waals surface area contributed by atoms with E-state index >= 15 is 0 Å². The molecule has 29 heavy (non-hydrogen) atoms. The molecule has 0 saturated heterocycles. The number of aromatic hydroxyl groups is 1. The first-order valence-electron chi connectivity index (χ1n) is 9.03. The van der Waals surface area contributed by atoms with Crippen molar-refractivity contribution in [2.24, 2.45) is 0 Å². The van der Waals surface area contributed by atoms with Gasteiger partial charge in [0.15, 0.2) is 11.5 Å². The summed E-state index contributed by atoms with van der Waals surface area (Å²) in [5, 5.41) is 19.8. The minimum absolute atomic E-state index is 0.0737. The molecule has 148 valence electrons. The molecule has 2 heterocycles. The third-order valence-electron chi connectivity index (χ3n) is 4.79. The highest BCUT2D eigenvalue weighted by atomic mass is 35.5. The fraction of sp³-hybridized carbons (Fsp3) is 0.190. The van der Waals surface area contributed by atoms with Crippen LogP contribution in [0.1, 0.15) is 35.1 Å². The Kier molecular flexibility index (Phi) is 4.76. The van der Waals surface area contributed by atoms with Crippen LogP contribution in [0.4, 0.5) is 0 Å². The summed E-state index contributed by atoms with van der Waals surface area (Å²) in [6, 6.07) is 7.58. The fourth-order valence-electron chi connectivity index (χ4n) is 3.43. The standard InChI is InChI=1S/C21H17ClN2O5/c1-2-29-17-9-11(8-15(22)18(17)25)7-12-5-6-24-19(12)23-16-10-13(21(27)28)3-4-14(16)20(24)26/h3-4,7-10,25H,2,5-6H2,1H3,(H,27,28)/b12-7-. The molecule has 3 aromatic rings. The van der Waals surface area contributed by atoms with Crippen LogP contribution in [-0.2, 0) is 6.54 Å². The molecule has 1 aliphatic rings. The molecule has 0 aliphatic carbocycles. The molecule has 0 spiro atoms. The number of aromatic nitrogens is 2. The quantitative estimate of drug-likeness (QED) is 0.675. The zero-order valence-electron chi connectivity index (χ0n) is 15.5. The van der Waals surface area contributed by atoms with Gasteiger partial charge in [-0.05, 0) is 60.9 Å². The van der Waals surface area contributed by atoms with Gasteiger partial charge in [0.05, 0.1) is 28.1 Å². The highest BCUT2D eigenvalue weighted by Gasteiger charge is 2.22. The lowest BCUT2D eigenvalue weighted by Gasteiger charge is -2.09. The average molecular weight is 413 g/mol. The number of ether oxygens (including phenoxy) is 1. The van der Waals surface area contributed by atoms with Crippen LogP contribution in [0.5, 0.6) is 11.5 Å². The van der Waals surface area contributed by atoms with Crippen LogP contribution in [0.25, 0.3) is 22.6 Å². The van der Waals surface area contributed by atoms with Crippen LogP contribution in [0.2, 0.25) is 5.02 Å². The predicted octanol–water partition coefficient (Wildman–Crippen LogP) is 3.80. The van der Waals surface area contributed by atoms with Gasteiger partial charge in [-0.15, -0.1) is 0 Å². The third kappa shape index (κ3) is 3.34. The summed E-state index contributed by atoms with van der Waals surface area (Å²) < 4.78 is 7.00. The normalized spacial score (nSPS) is 14.3. The minimum Gasteiger partial charge on any atom is -0.503 e. The molecular formula is C21H17ClN2O5. The number of allylic oxidation sites excluding steroid dienone is 1. The highest BCUT2D eigenvalue weighted by Crippen LogP contribution is 2.37. The minimum atomic E-state index is -1.08. The molecule has 0 amide bonds. The van der Waals surface area contributed by atoms with Gasteiger partial charge in [0.1, 0.15) is 5.82 Å². The van der Waals surface area contributed by atoms with Crippen LogP contribution >= 0.6 is 11.6 Å². The lowest BCUT2D eigenvalue weighted by Crippen LogP contribution is -2.21. The van der Waals surface area contributed by atoms with Gasteiger partial charge in [-0.1, -0.05) is 11.6 Å². The Balaban J connectivity index is 1.85. The van der Waals surface area contributed by atoms with E-state index < -0.39 is 5.97 Å². The molecular weight excluding hydrogens is 396 g/mol. The number of hydrogen-bond donors (Lipinski definition) is 2. The molecule has 0 unspecified atom stereocenters. The number of halogens is 1. The lowest BCUT2D eigenvalue weighted by molar-refractivity contribution is 0.0697. The van der Waals surface area contributed by atoms with Crippen LogP contribution in [0.15, 0.2) is 35.1 Å². The number of carboxylic acid groups (broad SMARTS) is 1. The molecule has 2 N–H and O–H groups in total. The number of hydrogen-bond acceptors (Lipinski definition) is 5. The zero-order valence-corrected chi connectivity index (χ0v) is 16.2. The molecule has 0 fully saturated rings. The van der Waals surface area contributed by atoms with Crippen LogP contribution in [-0.4, -0.2) is 32.3 Å². The highest BCUT2D eigenvalue weighted by molar-refractivity contribution is 6.32. The second kappa shape index (κ2) is 7.25. The molecule has 8 heteroatoms. The van der Waals surface area contributed by atoms with Gasteiger partial charge < -0.3 is 14.9 Å². The number of phenols is 1. The Hall–Kier alpha value is -3.32. The van der Waals surface area contributed by atoms with E-state index in [0.29, 0.717) is 41.9 Å². The van der Waals surface area contributed by atoms with E-state index in [4.69, 9.17) is 16.3 Å². The smallest absolute Gasteiger partial charge is 0.335 e. The SMILES string of the molecule is CCOc1cc(/C=C2/CCn3c2nc2cc(C(=O)O)ccc2c3=O)cc(Cl)c1O. The first-order chi connectivity index (χ1) is 13.9. The number of carbonyl (C=O) groups is 1. The number of aromatic carboxylic acids is 1. The monoisotopic (exact) mass is 412 g/mol. The van der Waals surface area contributed by atoms with Gasteiger partial charge in [-0.25, -0.2) is 9.78 Å². The second-order valence-corrected chi connectivity index (χ2v) is 7.04. The van der Waals surface area contributed by atoms with Crippen molar-refractivity contribution in [3.63, 3.8) is 0 Å². The summed E-state index contributed by atoms with van der Waals surface area (Å²) in [5.41, 5.74) is 1.73. The molecule has 0 radical (unpaired) electrons. The van der Waals surface area contributed by atoms with Crippen molar-refractivity contribution < 1.29 is 19.7 Å². The molecule has 4 rings (SSSR count). The summed E-state index contributed by atoms with van der Waals surface area (Å²) >= 11 is 6.11. The van der Waals surface area contributed by atoms with Crippen molar-refractivity contribution in [1.82, 2.24) is 9.55 Å². The summed E-state index contributed by atoms with van der Waals surface area (Å²) in [6.45, 7) is 2.66. The van der Waals surface area contributed by atoms with E-state index in [9.17, 15) is 19.8 Å². The fourth-order valence-corrected chi connectivity index (χ4v) is 3.65. The Bertz CT molecular complexity index is 1250. The van der Waals surface area contributed by atoms with Crippen molar-refractivity contribution in [3.05, 3.63) is 62.7 Å². The Morgan fingerprint density at radius 1 is 1.34 bits per heavy atom. The third-order valence-corrected chi connectivity index (χ3v) is 5.07. The van der Waals surface area contributed by atoms with Crippen molar-refractivity contribution >= 4 is 40.1 Å². The first-order valence-corrected chi connectivity index (χ1v) is 9.41. The van der Waals surface area contributed by atoms with Crippen molar-refractivity contribution in [2.45, 2.75) is 19.9 Å². The van der Waals surface area contributed by atoms with E-state index in [2.05, 4.69) is 4.98 Å². The summed E-state index contributed by atoms with van der Waals surface area (Å²) in [5.74, 6) is -0.428. The van der Waals surface area contributed by atoms with Gasteiger partial charge in [0, 0.05) is 6.54 Å².